The van der Waals surface area contributed by atoms with E-state index in [4.69, 9.17) is 28.2 Å². The monoisotopic (exact) mass is 576 g/mol. The van der Waals surface area contributed by atoms with Gasteiger partial charge >= 0.3 is 6.18 Å². The number of hydrogen-bond donors (Lipinski definition) is 0. The standard InChI is InChI=1S/C32H21Cl2F3N2O/c33-27-13-14-28(29(34)17-27)30-19-39(18-22-4-6-23(20-40)7-5-22)31(38-30)15-10-21-8-11-24(12-9-21)25-2-1-3-26(16-25)32(35,36)37/h1-17,19-20H,18H2. The number of imidazole rings is 1. The van der Waals surface area contributed by atoms with Gasteiger partial charge in [-0.05, 0) is 58.7 Å². The third-order valence-electron chi connectivity index (χ3n) is 6.34. The summed E-state index contributed by atoms with van der Waals surface area (Å²) in [4.78, 5) is 15.8. The molecule has 0 amide bonds. The summed E-state index contributed by atoms with van der Waals surface area (Å²) < 4.78 is 41.3. The van der Waals surface area contributed by atoms with Gasteiger partial charge in [-0.1, -0.05) is 89.9 Å². The maximum atomic E-state index is 13.1. The molecule has 0 radical (unpaired) electrons. The van der Waals surface area contributed by atoms with E-state index < -0.39 is 11.7 Å². The first kappa shape index (κ1) is 27.4. The summed E-state index contributed by atoms with van der Waals surface area (Å²) in [7, 11) is 0. The van der Waals surface area contributed by atoms with E-state index in [1.54, 1.807) is 42.5 Å². The maximum Gasteiger partial charge on any atom is 0.416 e. The Balaban J connectivity index is 1.44. The lowest BCUT2D eigenvalue weighted by Crippen LogP contribution is -2.04. The normalized spacial score (nSPS) is 11.7. The maximum absolute atomic E-state index is 13.1. The van der Waals surface area contributed by atoms with Gasteiger partial charge in [0.15, 0.2) is 0 Å². The van der Waals surface area contributed by atoms with Crippen LogP contribution in [0.2, 0.25) is 10.0 Å². The van der Waals surface area contributed by atoms with Crippen molar-refractivity contribution >= 4 is 41.6 Å². The van der Waals surface area contributed by atoms with E-state index in [1.807, 2.05) is 53.2 Å². The molecule has 8 heteroatoms. The minimum absolute atomic E-state index is 0.480. The highest BCUT2D eigenvalue weighted by molar-refractivity contribution is 6.36. The Bertz CT molecular complexity index is 1690. The quantitative estimate of drug-likeness (QED) is 0.181. The number of rotatable bonds is 7. The molecule has 0 aliphatic carbocycles. The zero-order valence-electron chi connectivity index (χ0n) is 20.9. The molecular formula is C32H21Cl2F3N2O. The second-order valence-corrected chi connectivity index (χ2v) is 9.97. The predicted octanol–water partition coefficient (Wildman–Crippen LogP) is 9.57. The summed E-state index contributed by atoms with van der Waals surface area (Å²) in [5.41, 5.74) is 4.33. The van der Waals surface area contributed by atoms with Crippen LogP contribution in [-0.4, -0.2) is 15.8 Å². The fraction of sp³-hybridized carbons (Fsp3) is 0.0625. The van der Waals surface area contributed by atoms with Crippen molar-refractivity contribution in [3.8, 4) is 22.4 Å². The first-order valence-corrected chi connectivity index (χ1v) is 13.0. The van der Waals surface area contributed by atoms with Crippen LogP contribution in [0.5, 0.6) is 0 Å². The summed E-state index contributed by atoms with van der Waals surface area (Å²) in [6.45, 7) is 0.505. The van der Waals surface area contributed by atoms with E-state index in [-0.39, 0.29) is 0 Å². The van der Waals surface area contributed by atoms with E-state index in [0.29, 0.717) is 44.8 Å². The first-order valence-electron chi connectivity index (χ1n) is 12.2. The minimum atomic E-state index is -4.40. The summed E-state index contributed by atoms with van der Waals surface area (Å²) in [5, 5.41) is 1.00. The third kappa shape index (κ3) is 6.36. The molecule has 3 nitrogen and oxygen atoms in total. The zero-order valence-corrected chi connectivity index (χ0v) is 22.4. The van der Waals surface area contributed by atoms with Crippen molar-refractivity contribution in [3.05, 3.63) is 135 Å². The van der Waals surface area contributed by atoms with E-state index in [0.717, 1.165) is 35.1 Å². The number of carbonyl (C=O) groups excluding carboxylic acids is 1. The molecule has 0 N–H and O–H groups in total. The van der Waals surface area contributed by atoms with Gasteiger partial charge in [-0.25, -0.2) is 4.98 Å². The van der Waals surface area contributed by atoms with Gasteiger partial charge in [0.05, 0.1) is 16.3 Å². The molecule has 0 fully saturated rings. The van der Waals surface area contributed by atoms with Crippen LogP contribution in [0.15, 0.2) is 97.2 Å². The van der Waals surface area contributed by atoms with Gasteiger partial charge in [0.25, 0.3) is 0 Å². The highest BCUT2D eigenvalue weighted by Gasteiger charge is 2.30. The van der Waals surface area contributed by atoms with Gasteiger partial charge in [-0.3, -0.25) is 4.79 Å². The zero-order chi connectivity index (χ0) is 28.3. The number of benzene rings is 4. The summed E-state index contributed by atoms with van der Waals surface area (Å²) in [6, 6.07) is 25.1. The van der Waals surface area contributed by atoms with Crippen LogP contribution in [-0.2, 0) is 12.7 Å². The molecule has 0 unspecified atom stereocenters. The number of aldehydes is 1. The van der Waals surface area contributed by atoms with Crippen molar-refractivity contribution in [1.82, 2.24) is 9.55 Å². The van der Waals surface area contributed by atoms with Crippen LogP contribution in [0.1, 0.15) is 32.9 Å². The second-order valence-electron chi connectivity index (χ2n) is 9.13. The molecule has 1 heterocycles. The Kier molecular flexibility index (Phi) is 7.92. The average Bonchev–Trinajstić information content (AvgIpc) is 3.34. The number of carbonyl (C=O) groups is 1. The van der Waals surface area contributed by atoms with Crippen molar-refractivity contribution in [3.63, 3.8) is 0 Å². The Labute approximate surface area is 239 Å². The van der Waals surface area contributed by atoms with Gasteiger partial charge in [-0.2, -0.15) is 13.2 Å². The van der Waals surface area contributed by atoms with Crippen LogP contribution in [0.3, 0.4) is 0 Å². The fourth-order valence-corrected chi connectivity index (χ4v) is 4.75. The Morgan fingerprint density at radius 1 is 0.800 bits per heavy atom. The number of nitrogens with zero attached hydrogens (tertiary/aromatic N) is 2. The van der Waals surface area contributed by atoms with Gasteiger partial charge in [0, 0.05) is 28.9 Å². The Morgan fingerprint density at radius 3 is 2.20 bits per heavy atom. The van der Waals surface area contributed by atoms with E-state index in [9.17, 15) is 18.0 Å². The van der Waals surface area contributed by atoms with Crippen molar-refractivity contribution in [2.75, 3.05) is 0 Å². The van der Waals surface area contributed by atoms with E-state index in [1.165, 1.54) is 6.07 Å². The second kappa shape index (κ2) is 11.5. The largest absolute Gasteiger partial charge is 0.416 e. The van der Waals surface area contributed by atoms with Gasteiger partial charge in [-0.15, -0.1) is 0 Å². The van der Waals surface area contributed by atoms with Crippen LogP contribution in [0.25, 0.3) is 34.5 Å². The molecule has 200 valence electrons. The van der Waals surface area contributed by atoms with Crippen LogP contribution >= 0.6 is 23.2 Å². The smallest absolute Gasteiger partial charge is 0.326 e. The Morgan fingerprint density at radius 2 is 1.52 bits per heavy atom. The number of halogens is 5. The summed E-state index contributed by atoms with van der Waals surface area (Å²) in [5.74, 6) is 0.669. The lowest BCUT2D eigenvalue weighted by atomic mass is 10.0. The molecule has 0 aliphatic heterocycles. The highest BCUT2D eigenvalue weighted by atomic mass is 35.5. The third-order valence-corrected chi connectivity index (χ3v) is 6.89. The molecule has 1 aromatic heterocycles. The lowest BCUT2D eigenvalue weighted by Gasteiger charge is -2.09. The van der Waals surface area contributed by atoms with Gasteiger partial charge in [0.1, 0.15) is 12.1 Å². The SMILES string of the molecule is O=Cc1ccc(Cn2cc(-c3ccc(Cl)cc3Cl)nc2C=Cc2ccc(-c3cccc(C(F)(F)F)c3)cc2)cc1. The molecule has 0 bridgehead atoms. The molecule has 0 spiro atoms. The van der Waals surface area contributed by atoms with Gasteiger partial charge < -0.3 is 4.57 Å². The fourth-order valence-electron chi connectivity index (χ4n) is 4.25. The summed E-state index contributed by atoms with van der Waals surface area (Å²) in [6.07, 6.45) is 2.06. The molecule has 5 aromatic rings. The van der Waals surface area contributed by atoms with Crippen LogP contribution in [0.4, 0.5) is 13.2 Å². The number of hydrogen-bond acceptors (Lipinski definition) is 2. The molecule has 4 aromatic carbocycles. The van der Waals surface area contributed by atoms with Gasteiger partial charge in [0.2, 0.25) is 0 Å². The average molecular weight is 577 g/mol. The van der Waals surface area contributed by atoms with Crippen molar-refractivity contribution in [1.29, 1.82) is 0 Å². The van der Waals surface area contributed by atoms with Crippen molar-refractivity contribution in [2.24, 2.45) is 0 Å². The molecule has 0 aliphatic rings. The molecule has 5 rings (SSSR count). The predicted molar refractivity (Wildman–Crippen MR) is 154 cm³/mol. The Hall–Kier alpha value is -4.13. The number of aromatic nitrogens is 2. The molecule has 0 saturated heterocycles. The van der Waals surface area contributed by atoms with E-state index >= 15 is 0 Å². The molecule has 0 atom stereocenters. The van der Waals surface area contributed by atoms with Crippen LogP contribution in [0, 0.1) is 0 Å². The molecular weight excluding hydrogens is 556 g/mol. The van der Waals surface area contributed by atoms with Crippen molar-refractivity contribution < 1.29 is 18.0 Å². The summed E-state index contributed by atoms with van der Waals surface area (Å²) >= 11 is 12.5. The molecule has 0 saturated carbocycles. The first-order chi connectivity index (χ1) is 19.2. The van der Waals surface area contributed by atoms with E-state index in [2.05, 4.69) is 0 Å². The lowest BCUT2D eigenvalue weighted by molar-refractivity contribution is -0.137. The number of alkyl halides is 3. The minimum Gasteiger partial charge on any atom is -0.326 e. The topological polar surface area (TPSA) is 34.9 Å². The van der Waals surface area contributed by atoms with Crippen LogP contribution < -0.4 is 0 Å². The highest BCUT2D eigenvalue weighted by Crippen LogP contribution is 2.33. The van der Waals surface area contributed by atoms with Crippen molar-refractivity contribution in [2.45, 2.75) is 12.7 Å². The molecule has 40 heavy (non-hydrogen) atoms.